The molecule has 0 radical (unpaired) electrons. The average Bonchev–Trinajstić information content (AvgIpc) is 3.51. The molecule has 3 heterocycles. The van der Waals surface area contributed by atoms with Gasteiger partial charge in [-0.15, -0.1) is 0 Å². The van der Waals surface area contributed by atoms with E-state index < -0.39 is 55.2 Å². The number of aliphatic hydroxyl groups excluding tert-OH is 1. The summed E-state index contributed by atoms with van der Waals surface area (Å²) >= 11 is 0. The zero-order valence-electron chi connectivity index (χ0n) is 26.9. The molecule has 1 aromatic carbocycles. The molecule has 5 atom stereocenters. The number of benzene rings is 1. The van der Waals surface area contributed by atoms with Crippen LogP contribution in [0.15, 0.2) is 30.3 Å². The lowest BCUT2D eigenvalue weighted by Crippen LogP contribution is -2.72. The Morgan fingerprint density at radius 1 is 0.902 bits per heavy atom. The van der Waals surface area contributed by atoms with Gasteiger partial charge in [0, 0.05) is 0 Å². The van der Waals surface area contributed by atoms with Gasteiger partial charge in [-0.05, 0) is 65.2 Å². The van der Waals surface area contributed by atoms with Crippen LogP contribution < -0.4 is 0 Å². The summed E-state index contributed by atoms with van der Waals surface area (Å²) in [6, 6.07) is 9.96. The molecule has 3 saturated heterocycles. The van der Waals surface area contributed by atoms with Crippen LogP contribution in [-0.4, -0.2) is 86.7 Å². The Labute approximate surface area is 247 Å². The Kier molecular flexibility index (Phi) is 9.02. The fourth-order valence-electron chi connectivity index (χ4n) is 5.62. The lowest BCUT2D eigenvalue weighted by Gasteiger charge is -2.51. The number of ether oxygens (including phenoxy) is 7. The molecule has 41 heavy (non-hydrogen) atoms. The van der Waals surface area contributed by atoms with E-state index in [0.717, 1.165) is 5.56 Å². The normalized spacial score (nSPS) is 32.7. The van der Waals surface area contributed by atoms with Crippen LogP contribution in [0.3, 0.4) is 0 Å². The molecule has 3 fully saturated rings. The largest absolute Gasteiger partial charge is 0.408 e. The topological polar surface area (TPSA) is 94.1 Å². The number of hydrogen-bond acceptors (Lipinski definition) is 9. The van der Waals surface area contributed by atoms with Crippen LogP contribution in [-0.2, 0) is 44.2 Å². The lowest BCUT2D eigenvalue weighted by atomic mass is 9.76. The molecule has 1 aromatic rings. The highest BCUT2D eigenvalue weighted by molar-refractivity contribution is 6.74. The maximum Gasteiger partial charge on any atom is 0.192 e. The Bertz CT molecular complexity index is 1040. The van der Waals surface area contributed by atoms with Crippen LogP contribution >= 0.6 is 0 Å². The summed E-state index contributed by atoms with van der Waals surface area (Å²) in [5.41, 5.74) is -1.64. The summed E-state index contributed by atoms with van der Waals surface area (Å²) < 4.78 is 52.6. The molecular weight excluding hydrogens is 544 g/mol. The number of rotatable bonds is 10. The van der Waals surface area contributed by atoms with Gasteiger partial charge in [0.1, 0.15) is 18.3 Å². The smallest absolute Gasteiger partial charge is 0.192 e. The SMILES string of the molecule is CC1(C)OC[C@@H]([C@H](O[Si](C)(C)C(C)(C)C)[C@@H](OCc2ccccc2)[C@@]2([C@@]3(CO)COC(C)(C)O3)COC(C)(C)O2)O1. The van der Waals surface area contributed by atoms with E-state index in [-0.39, 0.29) is 31.5 Å². The maximum atomic E-state index is 11.1. The second kappa shape index (κ2) is 11.2. The van der Waals surface area contributed by atoms with Crippen molar-refractivity contribution in [2.24, 2.45) is 0 Å². The molecule has 9 nitrogen and oxygen atoms in total. The van der Waals surface area contributed by atoms with Crippen molar-refractivity contribution in [3.63, 3.8) is 0 Å². The van der Waals surface area contributed by atoms with E-state index in [1.807, 2.05) is 71.9 Å². The second-order valence-corrected chi connectivity index (χ2v) is 19.3. The molecule has 10 heteroatoms. The third kappa shape index (κ3) is 6.77. The predicted molar refractivity (Wildman–Crippen MR) is 157 cm³/mol. The number of hydrogen-bond donors (Lipinski definition) is 1. The minimum absolute atomic E-state index is 0.0848. The van der Waals surface area contributed by atoms with Crippen LogP contribution in [0.2, 0.25) is 18.1 Å². The van der Waals surface area contributed by atoms with Gasteiger partial charge < -0.3 is 42.7 Å². The molecule has 0 aromatic heterocycles. The average molecular weight is 597 g/mol. The molecule has 4 rings (SSSR count). The van der Waals surface area contributed by atoms with Crippen LogP contribution in [0.5, 0.6) is 0 Å². The molecule has 3 aliphatic rings. The molecule has 0 amide bonds. The highest BCUT2D eigenvalue weighted by atomic mass is 28.4. The first-order chi connectivity index (χ1) is 18.8. The van der Waals surface area contributed by atoms with Gasteiger partial charge in [0.2, 0.25) is 0 Å². The lowest BCUT2D eigenvalue weighted by molar-refractivity contribution is -0.295. The summed E-state index contributed by atoms with van der Waals surface area (Å²) in [7, 11) is -2.42. The number of aliphatic hydroxyl groups is 1. The third-order valence-electron chi connectivity index (χ3n) is 8.85. The molecule has 0 unspecified atom stereocenters. The Balaban J connectivity index is 1.89. The summed E-state index contributed by atoms with van der Waals surface area (Å²) in [6.07, 6.45) is -1.92. The van der Waals surface area contributed by atoms with E-state index in [1.54, 1.807) is 0 Å². The van der Waals surface area contributed by atoms with Crippen molar-refractivity contribution in [2.75, 3.05) is 26.4 Å². The summed E-state index contributed by atoms with van der Waals surface area (Å²) in [5.74, 6) is -2.74. The first-order valence-corrected chi connectivity index (χ1v) is 17.6. The molecule has 1 N–H and O–H groups in total. The van der Waals surface area contributed by atoms with Crippen molar-refractivity contribution in [2.45, 2.75) is 134 Å². The Hall–Kier alpha value is -0.923. The zero-order valence-corrected chi connectivity index (χ0v) is 27.9. The van der Waals surface area contributed by atoms with Crippen molar-refractivity contribution >= 4 is 8.32 Å². The quantitative estimate of drug-likeness (QED) is 0.368. The Morgan fingerprint density at radius 2 is 1.51 bits per heavy atom. The highest BCUT2D eigenvalue weighted by Crippen LogP contribution is 2.51. The summed E-state index contributed by atoms with van der Waals surface area (Å²) in [4.78, 5) is 0. The first-order valence-electron chi connectivity index (χ1n) is 14.7. The zero-order chi connectivity index (χ0) is 30.5. The van der Waals surface area contributed by atoms with Gasteiger partial charge in [-0.2, -0.15) is 0 Å². The van der Waals surface area contributed by atoms with Gasteiger partial charge in [-0.3, -0.25) is 0 Å². The van der Waals surface area contributed by atoms with Gasteiger partial charge in [0.05, 0.1) is 33.0 Å². The van der Waals surface area contributed by atoms with Crippen molar-refractivity contribution < 1.29 is 42.7 Å². The summed E-state index contributed by atoms with van der Waals surface area (Å²) in [6.45, 7) is 22.6. The maximum absolute atomic E-state index is 11.1. The van der Waals surface area contributed by atoms with Crippen LogP contribution in [0.4, 0.5) is 0 Å². The van der Waals surface area contributed by atoms with E-state index in [9.17, 15) is 5.11 Å². The molecule has 0 saturated carbocycles. The molecule has 234 valence electrons. The predicted octanol–water partition coefficient (Wildman–Crippen LogP) is 5.15. The van der Waals surface area contributed by atoms with Crippen molar-refractivity contribution in [1.29, 1.82) is 0 Å². The molecular formula is C31H52O9Si. The molecule has 3 aliphatic heterocycles. The van der Waals surface area contributed by atoms with Crippen molar-refractivity contribution in [1.82, 2.24) is 0 Å². The van der Waals surface area contributed by atoms with E-state index >= 15 is 0 Å². The molecule has 0 bridgehead atoms. The van der Waals surface area contributed by atoms with E-state index in [1.165, 1.54) is 0 Å². The van der Waals surface area contributed by atoms with Crippen molar-refractivity contribution in [3.05, 3.63) is 35.9 Å². The van der Waals surface area contributed by atoms with Gasteiger partial charge in [0.25, 0.3) is 0 Å². The minimum atomic E-state index is -2.42. The third-order valence-corrected chi connectivity index (χ3v) is 13.3. The van der Waals surface area contributed by atoms with E-state index in [0.29, 0.717) is 6.61 Å². The van der Waals surface area contributed by atoms with Crippen molar-refractivity contribution in [3.8, 4) is 0 Å². The van der Waals surface area contributed by atoms with E-state index in [2.05, 4.69) is 33.9 Å². The van der Waals surface area contributed by atoms with Crippen LogP contribution in [0.1, 0.15) is 67.9 Å². The second-order valence-electron chi connectivity index (χ2n) is 14.6. The minimum Gasteiger partial charge on any atom is -0.408 e. The summed E-state index contributed by atoms with van der Waals surface area (Å²) in [5, 5.41) is 11.0. The Morgan fingerprint density at radius 3 is 1.98 bits per heavy atom. The first kappa shape index (κ1) is 33.0. The van der Waals surface area contributed by atoms with Gasteiger partial charge in [-0.1, -0.05) is 51.1 Å². The van der Waals surface area contributed by atoms with Gasteiger partial charge >= 0.3 is 0 Å². The van der Waals surface area contributed by atoms with Crippen LogP contribution in [0.25, 0.3) is 0 Å². The highest BCUT2D eigenvalue weighted by Gasteiger charge is 2.71. The van der Waals surface area contributed by atoms with Gasteiger partial charge in [-0.25, -0.2) is 0 Å². The fourth-order valence-corrected chi connectivity index (χ4v) is 6.93. The van der Waals surface area contributed by atoms with E-state index in [4.69, 9.17) is 37.6 Å². The molecule has 0 spiro atoms. The monoisotopic (exact) mass is 596 g/mol. The van der Waals surface area contributed by atoms with Gasteiger partial charge in [0.15, 0.2) is 36.9 Å². The van der Waals surface area contributed by atoms with Crippen LogP contribution in [0, 0.1) is 0 Å². The molecule has 0 aliphatic carbocycles. The fraction of sp³-hybridized carbons (Fsp3) is 0.806. The standard InChI is InChI=1S/C31H52O9Si/c1-26(2,3)41(10,11)38-24(23-18-34-27(4,5)37-23)25(33-17-22-15-13-12-14-16-22)31(21-36-29(8,9)40-31)30(19-32)20-35-28(6,7)39-30/h12-16,23-25,32H,17-21H2,1-11H3/t23-,24-,25+,30+,31+/m0/s1.